The van der Waals surface area contributed by atoms with Gasteiger partial charge in [-0.05, 0) is 24.4 Å². The highest BCUT2D eigenvalue weighted by molar-refractivity contribution is 7.71. The van der Waals surface area contributed by atoms with Crippen molar-refractivity contribution in [2.24, 2.45) is 0 Å². The molecular formula is C17H15FN4OS. The molecule has 0 radical (unpaired) electrons. The Kier molecular flexibility index (Phi) is 3.95. The number of rotatable bonds is 3. The summed E-state index contributed by atoms with van der Waals surface area (Å²) in [7, 11) is 0. The first kappa shape index (κ1) is 15.2. The zero-order chi connectivity index (χ0) is 16.5. The third-order valence-corrected chi connectivity index (χ3v) is 4.32. The fourth-order valence-corrected chi connectivity index (χ4v) is 3.11. The molecule has 1 aromatic carbocycles. The number of hydrogen-bond donors (Lipinski definition) is 1. The average Bonchev–Trinajstić information content (AvgIpc) is 3.03. The molecule has 1 aliphatic heterocycles. The van der Waals surface area contributed by atoms with Crippen LogP contribution in [0.15, 0.2) is 41.1 Å². The van der Waals surface area contributed by atoms with Crippen molar-refractivity contribution in [3.8, 4) is 11.3 Å². The molecule has 1 aliphatic rings. The van der Waals surface area contributed by atoms with E-state index < -0.39 is 0 Å². The van der Waals surface area contributed by atoms with E-state index >= 15 is 0 Å². The number of halogens is 1. The van der Waals surface area contributed by atoms with Crippen LogP contribution in [0.5, 0.6) is 0 Å². The maximum Gasteiger partial charge on any atom is 0.196 e. The third kappa shape index (κ3) is 3.13. The zero-order valence-corrected chi connectivity index (χ0v) is 13.6. The molecule has 2 aromatic heterocycles. The van der Waals surface area contributed by atoms with Gasteiger partial charge in [-0.2, -0.15) is 0 Å². The Bertz CT molecular complexity index is 936. The van der Waals surface area contributed by atoms with Crippen molar-refractivity contribution in [1.82, 2.24) is 20.0 Å². The van der Waals surface area contributed by atoms with Crippen LogP contribution in [0.2, 0.25) is 0 Å². The van der Waals surface area contributed by atoms with Crippen molar-refractivity contribution in [3.63, 3.8) is 0 Å². The Hall–Kier alpha value is -2.38. The maximum atomic E-state index is 13.3. The summed E-state index contributed by atoms with van der Waals surface area (Å²) in [5.41, 5.74) is 3.67. The molecule has 24 heavy (non-hydrogen) atoms. The quantitative estimate of drug-likeness (QED) is 0.739. The first-order valence-electron chi connectivity index (χ1n) is 7.68. The molecule has 0 saturated heterocycles. The fraction of sp³-hybridized carbons (Fsp3) is 0.235. The molecule has 0 unspecified atom stereocenters. The Labute approximate surface area is 143 Å². The first-order chi connectivity index (χ1) is 11.7. The number of fused-ring (bicyclic) bond motifs is 1. The number of H-pyrrole nitrogens is 1. The van der Waals surface area contributed by atoms with Crippen molar-refractivity contribution >= 4 is 12.2 Å². The summed E-state index contributed by atoms with van der Waals surface area (Å²) in [4.78, 5) is 9.56. The Balaban J connectivity index is 1.49. The fourth-order valence-electron chi connectivity index (χ4n) is 2.93. The van der Waals surface area contributed by atoms with Gasteiger partial charge < -0.3 is 9.51 Å². The highest BCUT2D eigenvalue weighted by Gasteiger charge is 2.19. The second-order valence-corrected chi connectivity index (χ2v) is 6.23. The molecule has 0 atom stereocenters. The van der Waals surface area contributed by atoms with E-state index in [4.69, 9.17) is 16.7 Å². The van der Waals surface area contributed by atoms with Gasteiger partial charge in [0.15, 0.2) is 10.5 Å². The molecule has 0 spiro atoms. The smallest absolute Gasteiger partial charge is 0.196 e. The summed E-state index contributed by atoms with van der Waals surface area (Å²) in [5.74, 6) is 0.476. The number of benzene rings is 1. The number of nitrogens with zero attached hydrogens (tertiary/aromatic N) is 3. The van der Waals surface area contributed by atoms with Crippen molar-refractivity contribution < 1.29 is 8.91 Å². The SMILES string of the molecule is Fc1cccc(-c2cc(CN3CCc4[nH]c(=S)ncc4C3)on2)c1. The van der Waals surface area contributed by atoms with E-state index in [1.54, 1.807) is 6.07 Å². The topological polar surface area (TPSA) is 58.0 Å². The standard InChI is InChI=1S/C17H15FN4OS/c18-13-3-1-2-11(6-13)16-7-14(23-21-16)10-22-5-4-15-12(9-22)8-19-17(24)20-15/h1-3,6-8H,4-5,9-10H2,(H,19,20,24). The molecule has 1 N–H and O–H groups in total. The molecule has 5 nitrogen and oxygen atoms in total. The van der Waals surface area contributed by atoms with Crippen LogP contribution in [0.4, 0.5) is 4.39 Å². The number of aromatic nitrogens is 3. The van der Waals surface area contributed by atoms with Crippen molar-refractivity contribution in [1.29, 1.82) is 0 Å². The maximum absolute atomic E-state index is 13.3. The summed E-state index contributed by atoms with van der Waals surface area (Å²) >= 11 is 5.06. The van der Waals surface area contributed by atoms with Gasteiger partial charge in [0, 0.05) is 48.6 Å². The van der Waals surface area contributed by atoms with Gasteiger partial charge in [0.25, 0.3) is 0 Å². The Morgan fingerprint density at radius 2 is 2.25 bits per heavy atom. The Morgan fingerprint density at radius 3 is 3.12 bits per heavy atom. The Morgan fingerprint density at radius 1 is 1.33 bits per heavy atom. The lowest BCUT2D eigenvalue weighted by molar-refractivity contribution is 0.213. The second-order valence-electron chi connectivity index (χ2n) is 5.84. The summed E-state index contributed by atoms with van der Waals surface area (Å²) in [6, 6.07) is 8.20. The summed E-state index contributed by atoms with van der Waals surface area (Å²) in [6.07, 6.45) is 2.73. The molecule has 0 bridgehead atoms. The van der Waals surface area contributed by atoms with E-state index in [0.29, 0.717) is 22.6 Å². The monoisotopic (exact) mass is 342 g/mol. The average molecular weight is 342 g/mol. The van der Waals surface area contributed by atoms with Crippen LogP contribution >= 0.6 is 12.2 Å². The highest BCUT2D eigenvalue weighted by atomic mass is 32.1. The third-order valence-electron chi connectivity index (χ3n) is 4.11. The van der Waals surface area contributed by atoms with Crippen molar-refractivity contribution in [3.05, 3.63) is 64.1 Å². The van der Waals surface area contributed by atoms with Crippen LogP contribution in [0.1, 0.15) is 17.0 Å². The van der Waals surface area contributed by atoms with Gasteiger partial charge in [-0.15, -0.1) is 0 Å². The molecule has 0 saturated carbocycles. The molecule has 0 fully saturated rings. The zero-order valence-electron chi connectivity index (χ0n) is 12.8. The predicted octanol–water partition coefficient (Wildman–Crippen LogP) is 3.49. The molecule has 3 aromatic rings. The number of nitrogens with one attached hydrogen (secondary N) is 1. The van der Waals surface area contributed by atoms with E-state index in [0.717, 1.165) is 36.5 Å². The molecule has 4 rings (SSSR count). The van der Waals surface area contributed by atoms with E-state index in [1.165, 1.54) is 12.1 Å². The summed E-state index contributed by atoms with van der Waals surface area (Å²) in [6.45, 7) is 2.33. The van der Waals surface area contributed by atoms with Gasteiger partial charge in [-0.3, -0.25) is 4.90 Å². The number of aromatic amines is 1. The van der Waals surface area contributed by atoms with Crippen LogP contribution in [-0.2, 0) is 19.5 Å². The molecule has 3 heterocycles. The predicted molar refractivity (Wildman–Crippen MR) is 89.1 cm³/mol. The highest BCUT2D eigenvalue weighted by Crippen LogP contribution is 2.22. The van der Waals surface area contributed by atoms with Crippen LogP contribution in [-0.4, -0.2) is 26.6 Å². The lowest BCUT2D eigenvalue weighted by Crippen LogP contribution is -2.30. The van der Waals surface area contributed by atoms with Crippen molar-refractivity contribution in [2.45, 2.75) is 19.5 Å². The number of hydrogen-bond acceptors (Lipinski definition) is 5. The minimum Gasteiger partial charge on any atom is -0.359 e. The molecule has 0 amide bonds. The van der Waals surface area contributed by atoms with Crippen LogP contribution in [0, 0.1) is 10.6 Å². The minimum absolute atomic E-state index is 0.283. The molecule has 0 aliphatic carbocycles. The van der Waals surface area contributed by atoms with Crippen molar-refractivity contribution in [2.75, 3.05) is 6.54 Å². The normalized spacial score (nSPS) is 14.5. The first-order valence-corrected chi connectivity index (χ1v) is 8.09. The van der Waals surface area contributed by atoms with Gasteiger partial charge >= 0.3 is 0 Å². The lowest BCUT2D eigenvalue weighted by Gasteiger charge is -2.26. The minimum atomic E-state index is -0.283. The van der Waals surface area contributed by atoms with Crippen LogP contribution in [0.25, 0.3) is 11.3 Å². The molecular weight excluding hydrogens is 327 g/mol. The summed E-state index contributed by atoms with van der Waals surface area (Å²) in [5, 5.41) is 4.05. The van der Waals surface area contributed by atoms with Crippen LogP contribution in [0.3, 0.4) is 0 Å². The van der Waals surface area contributed by atoms with Gasteiger partial charge in [0.1, 0.15) is 11.5 Å². The second kappa shape index (κ2) is 6.26. The van der Waals surface area contributed by atoms with Gasteiger partial charge in [0.05, 0.1) is 6.54 Å². The van der Waals surface area contributed by atoms with E-state index in [-0.39, 0.29) is 5.82 Å². The largest absolute Gasteiger partial charge is 0.359 e. The lowest BCUT2D eigenvalue weighted by atomic mass is 10.1. The molecule has 122 valence electrons. The van der Waals surface area contributed by atoms with Crippen LogP contribution < -0.4 is 0 Å². The van der Waals surface area contributed by atoms with E-state index in [1.807, 2.05) is 18.3 Å². The van der Waals surface area contributed by atoms with Gasteiger partial charge in [-0.1, -0.05) is 17.3 Å². The molecule has 7 heteroatoms. The summed E-state index contributed by atoms with van der Waals surface area (Å²) < 4.78 is 19.3. The van der Waals surface area contributed by atoms with E-state index in [2.05, 4.69) is 20.0 Å². The van der Waals surface area contributed by atoms with Gasteiger partial charge in [-0.25, -0.2) is 9.37 Å². The van der Waals surface area contributed by atoms with E-state index in [9.17, 15) is 4.39 Å². The van der Waals surface area contributed by atoms with Gasteiger partial charge in [0.2, 0.25) is 0 Å².